The van der Waals surface area contributed by atoms with Crippen LogP contribution >= 0.6 is 0 Å². The highest BCUT2D eigenvalue weighted by Gasteiger charge is 2.43. The predicted octanol–water partition coefficient (Wildman–Crippen LogP) is 2.26. The smallest absolute Gasteiger partial charge is 0.257 e. The lowest BCUT2D eigenvalue weighted by molar-refractivity contribution is 0.0983. The summed E-state index contributed by atoms with van der Waals surface area (Å²) < 4.78 is 17.9. The van der Waals surface area contributed by atoms with E-state index in [0.29, 0.717) is 21.9 Å². The minimum atomic E-state index is -0.698. The fourth-order valence-corrected chi connectivity index (χ4v) is 3.98. The molecule has 0 radical (unpaired) electrons. The Morgan fingerprint density at radius 2 is 1.96 bits per heavy atom. The summed E-state index contributed by atoms with van der Waals surface area (Å²) in [6, 6.07) is 3.60. The van der Waals surface area contributed by atoms with Gasteiger partial charge in [0.2, 0.25) is 0 Å². The van der Waals surface area contributed by atoms with Crippen LogP contribution < -0.4 is 10.1 Å². The van der Waals surface area contributed by atoms with Crippen molar-refractivity contribution in [3.05, 3.63) is 82.5 Å². The van der Waals surface area contributed by atoms with Gasteiger partial charge in [0.15, 0.2) is 5.60 Å². The van der Waals surface area contributed by atoms with Crippen LogP contribution in [-0.4, -0.2) is 20.7 Å². The molecule has 1 aromatic rings. The minimum absolute atomic E-state index is 0.264. The summed E-state index contributed by atoms with van der Waals surface area (Å²) in [7, 11) is 0. The molecule has 5 rings (SSSR count). The SMILES string of the molecule is O=S=C1NC(=O)c2ccc3c(c21)OC12C=CC=CC1=CC=CC2=C3. The second-order valence-electron chi connectivity index (χ2n) is 5.91. The largest absolute Gasteiger partial charge is 0.472 e. The lowest BCUT2D eigenvalue weighted by Gasteiger charge is -2.40. The monoisotopic (exact) mass is 333 g/mol. The number of allylic oxidation sites excluding steroid dienone is 4. The van der Waals surface area contributed by atoms with Crippen LogP contribution in [0.25, 0.3) is 6.08 Å². The number of amides is 1. The van der Waals surface area contributed by atoms with Gasteiger partial charge in [-0.25, -0.2) is 4.21 Å². The number of carbonyl (C=O) groups is 1. The number of hydrogen-bond acceptors (Lipinski definition) is 3. The van der Waals surface area contributed by atoms with E-state index in [1.165, 1.54) is 0 Å². The molecule has 1 unspecified atom stereocenters. The topological polar surface area (TPSA) is 55.4 Å². The summed E-state index contributed by atoms with van der Waals surface area (Å²) in [5, 5.41) is 2.63. The first-order chi connectivity index (χ1) is 11.7. The second kappa shape index (κ2) is 4.55. The van der Waals surface area contributed by atoms with Crippen molar-refractivity contribution in [2.45, 2.75) is 5.60 Å². The van der Waals surface area contributed by atoms with Crippen LogP contribution in [0.15, 0.2) is 65.8 Å². The van der Waals surface area contributed by atoms with E-state index in [4.69, 9.17) is 4.74 Å². The molecule has 1 N–H and O–H groups in total. The Kier molecular flexibility index (Phi) is 2.56. The maximum atomic E-state index is 12.1. The number of ether oxygens (including phenoxy) is 1. The van der Waals surface area contributed by atoms with Crippen LogP contribution in [0.1, 0.15) is 21.5 Å². The first-order valence-electron chi connectivity index (χ1n) is 7.54. The summed E-state index contributed by atoms with van der Waals surface area (Å²) in [6.45, 7) is 0. The Bertz CT molecular complexity index is 1030. The molecular weight excluding hydrogens is 322 g/mol. The maximum Gasteiger partial charge on any atom is 0.257 e. The number of carbonyl (C=O) groups excluding carboxylic acids is 1. The third-order valence-electron chi connectivity index (χ3n) is 4.67. The minimum Gasteiger partial charge on any atom is -0.472 e. The molecule has 1 atom stereocenters. The average molecular weight is 333 g/mol. The normalized spacial score (nSPS) is 24.8. The average Bonchev–Trinajstić information content (AvgIpc) is 2.95. The van der Waals surface area contributed by atoms with E-state index in [-0.39, 0.29) is 17.2 Å². The van der Waals surface area contributed by atoms with Crippen molar-refractivity contribution in [2.24, 2.45) is 0 Å². The molecular formula is C19H11NO3S. The van der Waals surface area contributed by atoms with Crippen LogP contribution in [0.5, 0.6) is 5.75 Å². The fraction of sp³-hybridized carbons (Fsp3) is 0.0526. The number of nitrogens with one attached hydrogen (secondary N) is 1. The highest BCUT2D eigenvalue weighted by atomic mass is 32.1. The van der Waals surface area contributed by atoms with E-state index in [0.717, 1.165) is 16.7 Å². The summed E-state index contributed by atoms with van der Waals surface area (Å²) in [5.41, 5.74) is 3.27. The standard InChI is InChI=1S/C19H11NO3S/c21-17-14-8-7-11-10-13-6-3-5-12-4-1-2-9-19(12,13)23-16(11)15(14)18(20-17)24-22/h1-10H,(H,20,21). The molecule has 2 heterocycles. The zero-order chi connectivity index (χ0) is 16.3. The Balaban J connectivity index is 1.81. The first kappa shape index (κ1) is 13.5. The van der Waals surface area contributed by atoms with Gasteiger partial charge in [-0.05, 0) is 18.2 Å². The van der Waals surface area contributed by atoms with E-state index < -0.39 is 5.60 Å². The first-order valence-corrected chi connectivity index (χ1v) is 8.28. The van der Waals surface area contributed by atoms with Gasteiger partial charge in [0.25, 0.3) is 5.91 Å². The number of rotatable bonds is 0. The molecule has 0 fully saturated rings. The molecule has 4 aliphatic rings. The summed E-state index contributed by atoms with van der Waals surface area (Å²) >= 11 is 0.282. The van der Waals surface area contributed by atoms with E-state index in [1.807, 2.05) is 48.6 Å². The molecule has 2 aliphatic heterocycles. The van der Waals surface area contributed by atoms with Gasteiger partial charge in [-0.2, -0.15) is 0 Å². The molecule has 2 aliphatic carbocycles. The Labute approximate surface area is 141 Å². The molecule has 1 amide bonds. The highest BCUT2D eigenvalue weighted by molar-refractivity contribution is 7.67. The van der Waals surface area contributed by atoms with Crippen molar-refractivity contribution < 1.29 is 13.7 Å². The van der Waals surface area contributed by atoms with Crippen LogP contribution in [-0.2, 0) is 11.3 Å². The van der Waals surface area contributed by atoms with Crippen molar-refractivity contribution in [2.75, 3.05) is 0 Å². The Morgan fingerprint density at radius 3 is 2.83 bits per heavy atom. The number of benzene rings is 1. The van der Waals surface area contributed by atoms with Crippen molar-refractivity contribution >= 4 is 28.2 Å². The molecule has 1 spiro atoms. The molecule has 0 saturated heterocycles. The van der Waals surface area contributed by atoms with Gasteiger partial charge in [-0.3, -0.25) is 4.79 Å². The van der Waals surface area contributed by atoms with Gasteiger partial charge >= 0.3 is 0 Å². The zero-order valence-corrected chi connectivity index (χ0v) is 13.2. The van der Waals surface area contributed by atoms with Crippen LogP contribution in [0.4, 0.5) is 0 Å². The van der Waals surface area contributed by atoms with Gasteiger partial charge in [0.05, 0.1) is 11.1 Å². The van der Waals surface area contributed by atoms with Crippen molar-refractivity contribution in [3.8, 4) is 5.75 Å². The van der Waals surface area contributed by atoms with E-state index in [2.05, 4.69) is 11.4 Å². The molecule has 5 heteroatoms. The summed E-state index contributed by atoms with van der Waals surface area (Å²) in [4.78, 5) is 12.4. The Morgan fingerprint density at radius 1 is 1.08 bits per heavy atom. The van der Waals surface area contributed by atoms with Gasteiger partial charge in [-0.15, -0.1) is 0 Å². The lowest BCUT2D eigenvalue weighted by atomic mass is 9.77. The van der Waals surface area contributed by atoms with Gasteiger partial charge in [0, 0.05) is 16.7 Å². The molecule has 116 valence electrons. The van der Waals surface area contributed by atoms with Crippen LogP contribution in [0.3, 0.4) is 0 Å². The molecule has 4 nitrogen and oxygen atoms in total. The quantitative estimate of drug-likeness (QED) is 0.741. The third kappa shape index (κ3) is 1.57. The van der Waals surface area contributed by atoms with Crippen LogP contribution in [0.2, 0.25) is 0 Å². The van der Waals surface area contributed by atoms with Crippen molar-refractivity contribution in [1.82, 2.24) is 5.32 Å². The molecule has 0 bridgehead atoms. The molecule has 1 aromatic carbocycles. The van der Waals surface area contributed by atoms with Gasteiger partial charge < -0.3 is 10.1 Å². The third-order valence-corrected chi connectivity index (χ3v) is 5.14. The van der Waals surface area contributed by atoms with Gasteiger partial charge in [0.1, 0.15) is 22.0 Å². The molecule has 24 heavy (non-hydrogen) atoms. The summed E-state index contributed by atoms with van der Waals surface area (Å²) in [6.07, 6.45) is 16.0. The molecule has 0 aromatic heterocycles. The highest BCUT2D eigenvalue weighted by Crippen LogP contribution is 2.47. The fourth-order valence-electron chi connectivity index (χ4n) is 3.56. The predicted molar refractivity (Wildman–Crippen MR) is 93.0 cm³/mol. The van der Waals surface area contributed by atoms with Crippen LogP contribution in [0, 0.1) is 0 Å². The number of fused-ring (bicyclic) bond motifs is 3. The Hall–Kier alpha value is -2.92. The van der Waals surface area contributed by atoms with E-state index in [9.17, 15) is 9.00 Å². The summed E-state index contributed by atoms with van der Waals surface area (Å²) in [5.74, 6) is 0.314. The maximum absolute atomic E-state index is 12.1. The van der Waals surface area contributed by atoms with Gasteiger partial charge in [-0.1, -0.05) is 42.5 Å². The number of hydrogen-bond donors (Lipinski definition) is 1. The van der Waals surface area contributed by atoms with E-state index >= 15 is 0 Å². The lowest BCUT2D eigenvalue weighted by Crippen LogP contribution is -2.41. The van der Waals surface area contributed by atoms with E-state index in [1.54, 1.807) is 6.07 Å². The van der Waals surface area contributed by atoms with Crippen molar-refractivity contribution in [1.29, 1.82) is 0 Å². The molecule has 0 saturated carbocycles. The van der Waals surface area contributed by atoms with Crippen molar-refractivity contribution in [3.63, 3.8) is 0 Å². The second-order valence-corrected chi connectivity index (χ2v) is 6.48. The zero-order valence-electron chi connectivity index (χ0n) is 12.4.